The van der Waals surface area contributed by atoms with Crippen LogP contribution in [0.25, 0.3) is 0 Å². The van der Waals surface area contributed by atoms with Crippen molar-refractivity contribution >= 4 is 17.8 Å². The van der Waals surface area contributed by atoms with Crippen LogP contribution in [0.4, 0.5) is 0 Å². The first kappa shape index (κ1) is 18.3. The van der Waals surface area contributed by atoms with Crippen molar-refractivity contribution in [2.45, 2.75) is 45.3 Å². The van der Waals surface area contributed by atoms with E-state index in [9.17, 15) is 14.4 Å². The zero-order valence-electron chi connectivity index (χ0n) is 12.1. The van der Waals surface area contributed by atoms with Crippen LogP contribution in [0.15, 0.2) is 0 Å². The average molecular weight is 288 g/mol. The fraction of sp³-hybridized carbons (Fsp3) is 0.750. The fourth-order valence-electron chi connectivity index (χ4n) is 1.50. The van der Waals surface area contributed by atoms with Gasteiger partial charge >= 0.3 is 5.97 Å². The third kappa shape index (κ3) is 6.48. The number of carboxylic acid groups (broad SMARTS) is 1. The van der Waals surface area contributed by atoms with Crippen molar-refractivity contribution in [3.05, 3.63) is 0 Å². The van der Waals surface area contributed by atoms with Gasteiger partial charge in [0.15, 0.2) is 0 Å². The van der Waals surface area contributed by atoms with Gasteiger partial charge in [0, 0.05) is 6.54 Å². The average Bonchev–Trinajstić information content (AvgIpc) is 2.33. The molecule has 0 fully saturated rings. The first-order valence-corrected chi connectivity index (χ1v) is 6.48. The van der Waals surface area contributed by atoms with Crippen molar-refractivity contribution in [2.24, 2.45) is 17.4 Å². The summed E-state index contributed by atoms with van der Waals surface area (Å²) < 4.78 is 0. The number of carbonyl (C=O) groups excluding carboxylic acids is 2. The minimum Gasteiger partial charge on any atom is -0.480 e. The predicted octanol–water partition coefficient (Wildman–Crippen LogP) is -1.61. The van der Waals surface area contributed by atoms with Crippen LogP contribution in [0.1, 0.15) is 27.2 Å². The lowest BCUT2D eigenvalue weighted by Gasteiger charge is -2.22. The Morgan fingerprint density at radius 2 is 1.55 bits per heavy atom. The quantitative estimate of drug-likeness (QED) is 0.363. The SMILES string of the molecule is CC(C)C[C@H](NC(=O)[C@H](CN)NC(=O)[C@H](C)N)C(=O)O. The molecule has 0 rings (SSSR count). The van der Waals surface area contributed by atoms with Crippen molar-refractivity contribution in [1.29, 1.82) is 0 Å². The fourth-order valence-corrected chi connectivity index (χ4v) is 1.50. The summed E-state index contributed by atoms with van der Waals surface area (Å²) in [5.41, 5.74) is 10.8. The van der Waals surface area contributed by atoms with Crippen LogP contribution in [-0.2, 0) is 14.4 Å². The van der Waals surface area contributed by atoms with Crippen molar-refractivity contribution in [3.63, 3.8) is 0 Å². The number of nitrogens with two attached hydrogens (primary N) is 2. The van der Waals surface area contributed by atoms with E-state index < -0.39 is 35.9 Å². The summed E-state index contributed by atoms with van der Waals surface area (Å²) in [5.74, 6) is -2.17. The highest BCUT2D eigenvalue weighted by molar-refractivity contribution is 5.91. The summed E-state index contributed by atoms with van der Waals surface area (Å²) >= 11 is 0. The third-order valence-corrected chi connectivity index (χ3v) is 2.60. The maximum absolute atomic E-state index is 11.9. The molecule has 0 aliphatic rings. The third-order valence-electron chi connectivity index (χ3n) is 2.60. The van der Waals surface area contributed by atoms with Crippen LogP contribution in [0.2, 0.25) is 0 Å². The van der Waals surface area contributed by atoms with Crippen LogP contribution in [0.5, 0.6) is 0 Å². The van der Waals surface area contributed by atoms with E-state index in [1.165, 1.54) is 6.92 Å². The lowest BCUT2D eigenvalue weighted by atomic mass is 10.0. The Morgan fingerprint density at radius 3 is 1.90 bits per heavy atom. The van der Waals surface area contributed by atoms with Gasteiger partial charge in [0.25, 0.3) is 0 Å². The number of hydrogen-bond donors (Lipinski definition) is 5. The highest BCUT2D eigenvalue weighted by Crippen LogP contribution is 2.05. The van der Waals surface area contributed by atoms with Gasteiger partial charge in [0.05, 0.1) is 6.04 Å². The molecule has 116 valence electrons. The van der Waals surface area contributed by atoms with Crippen LogP contribution < -0.4 is 22.1 Å². The van der Waals surface area contributed by atoms with Crippen LogP contribution in [0, 0.1) is 5.92 Å². The summed E-state index contributed by atoms with van der Waals surface area (Å²) in [5, 5.41) is 13.8. The molecule has 0 aromatic rings. The Bertz CT molecular complexity index is 357. The molecule has 3 atom stereocenters. The van der Waals surface area contributed by atoms with Crippen LogP contribution in [-0.4, -0.2) is 47.6 Å². The smallest absolute Gasteiger partial charge is 0.326 e. The van der Waals surface area contributed by atoms with Gasteiger partial charge in [-0.15, -0.1) is 0 Å². The number of carbonyl (C=O) groups is 3. The molecular weight excluding hydrogens is 264 g/mol. The second-order valence-electron chi connectivity index (χ2n) is 5.11. The Kier molecular flexibility index (Phi) is 7.78. The summed E-state index contributed by atoms with van der Waals surface area (Å²) in [6.07, 6.45) is 0.291. The highest BCUT2D eigenvalue weighted by Gasteiger charge is 2.26. The van der Waals surface area contributed by atoms with E-state index >= 15 is 0 Å². The predicted molar refractivity (Wildman–Crippen MR) is 73.7 cm³/mol. The molecule has 0 spiro atoms. The van der Waals surface area contributed by atoms with E-state index in [1.54, 1.807) is 0 Å². The summed E-state index contributed by atoms with van der Waals surface area (Å²) in [4.78, 5) is 34.4. The standard InChI is InChI=1S/C12H24N4O4/c1-6(2)4-8(12(19)20)15-11(18)9(5-13)16-10(17)7(3)14/h6-9H,4-5,13-14H2,1-3H3,(H,15,18)(H,16,17)(H,19,20)/t7-,8-,9-/m0/s1. The molecule has 8 heteroatoms. The van der Waals surface area contributed by atoms with Gasteiger partial charge in [-0.1, -0.05) is 13.8 Å². The molecule has 0 saturated heterocycles. The van der Waals surface area contributed by atoms with E-state index in [1.807, 2.05) is 13.8 Å². The first-order valence-electron chi connectivity index (χ1n) is 6.48. The molecule has 20 heavy (non-hydrogen) atoms. The number of rotatable bonds is 8. The molecule has 7 N–H and O–H groups in total. The summed E-state index contributed by atoms with van der Waals surface area (Å²) in [6, 6.07) is -2.78. The number of carboxylic acids is 1. The number of hydrogen-bond acceptors (Lipinski definition) is 5. The number of aliphatic carboxylic acids is 1. The molecule has 0 aromatic carbocycles. The minimum absolute atomic E-state index is 0.103. The largest absolute Gasteiger partial charge is 0.480 e. The molecule has 2 amide bonds. The maximum Gasteiger partial charge on any atom is 0.326 e. The molecule has 0 heterocycles. The molecule has 0 saturated carbocycles. The van der Waals surface area contributed by atoms with Gasteiger partial charge in [0.1, 0.15) is 12.1 Å². The van der Waals surface area contributed by atoms with Gasteiger partial charge < -0.3 is 27.2 Å². The Morgan fingerprint density at radius 1 is 1.05 bits per heavy atom. The summed E-state index contributed by atoms with van der Waals surface area (Å²) in [6.45, 7) is 5.03. The Labute approximate surface area is 118 Å². The van der Waals surface area contributed by atoms with E-state index in [2.05, 4.69) is 10.6 Å². The topological polar surface area (TPSA) is 148 Å². The Balaban J connectivity index is 4.66. The van der Waals surface area contributed by atoms with Crippen LogP contribution in [0.3, 0.4) is 0 Å². The summed E-state index contributed by atoms with van der Waals surface area (Å²) in [7, 11) is 0. The van der Waals surface area contributed by atoms with Crippen molar-refractivity contribution in [3.8, 4) is 0 Å². The second kappa shape index (κ2) is 8.49. The van der Waals surface area contributed by atoms with Crippen LogP contribution >= 0.6 is 0 Å². The monoisotopic (exact) mass is 288 g/mol. The molecule has 0 radical (unpaired) electrons. The van der Waals surface area contributed by atoms with Gasteiger partial charge in [-0.2, -0.15) is 0 Å². The number of nitrogens with one attached hydrogen (secondary N) is 2. The lowest BCUT2D eigenvalue weighted by Crippen LogP contribution is -2.56. The molecule has 0 unspecified atom stereocenters. The lowest BCUT2D eigenvalue weighted by molar-refractivity contribution is -0.142. The van der Waals surface area contributed by atoms with Gasteiger partial charge in [-0.05, 0) is 19.3 Å². The Hall–Kier alpha value is -1.67. The molecule has 0 bridgehead atoms. The van der Waals surface area contributed by atoms with Gasteiger partial charge in [-0.3, -0.25) is 9.59 Å². The van der Waals surface area contributed by atoms with E-state index in [0.29, 0.717) is 6.42 Å². The van der Waals surface area contributed by atoms with Crippen molar-refractivity contribution in [2.75, 3.05) is 6.54 Å². The van der Waals surface area contributed by atoms with E-state index in [0.717, 1.165) is 0 Å². The first-order chi connectivity index (χ1) is 9.18. The zero-order valence-corrected chi connectivity index (χ0v) is 12.1. The second-order valence-corrected chi connectivity index (χ2v) is 5.11. The molecule has 0 aliphatic heterocycles. The zero-order chi connectivity index (χ0) is 15.9. The molecule has 8 nitrogen and oxygen atoms in total. The minimum atomic E-state index is -1.12. The number of amides is 2. The van der Waals surface area contributed by atoms with E-state index in [4.69, 9.17) is 16.6 Å². The van der Waals surface area contributed by atoms with Crippen molar-refractivity contribution < 1.29 is 19.5 Å². The van der Waals surface area contributed by atoms with Crippen molar-refractivity contribution in [1.82, 2.24) is 10.6 Å². The highest BCUT2D eigenvalue weighted by atomic mass is 16.4. The normalized spacial score (nSPS) is 15.3. The maximum atomic E-state index is 11.9. The van der Waals surface area contributed by atoms with Gasteiger partial charge in [0.2, 0.25) is 11.8 Å². The van der Waals surface area contributed by atoms with E-state index in [-0.39, 0.29) is 12.5 Å². The molecule has 0 aliphatic carbocycles. The molecular formula is C12H24N4O4. The molecule has 0 aromatic heterocycles. The van der Waals surface area contributed by atoms with Gasteiger partial charge in [-0.25, -0.2) is 4.79 Å².